The Morgan fingerprint density at radius 2 is 1.97 bits per heavy atom. The van der Waals surface area contributed by atoms with Gasteiger partial charge < -0.3 is 9.84 Å². The predicted octanol–water partition coefficient (Wildman–Crippen LogP) is 3.89. The second kappa shape index (κ2) is 9.41. The Hall–Kier alpha value is -2.70. The van der Waals surface area contributed by atoms with Crippen LogP contribution in [0.1, 0.15) is 30.4 Å². The van der Waals surface area contributed by atoms with Gasteiger partial charge in [-0.15, -0.1) is 0 Å². The van der Waals surface area contributed by atoms with E-state index in [1.165, 1.54) is 11.1 Å². The van der Waals surface area contributed by atoms with Crippen LogP contribution < -0.4 is 5.32 Å². The number of hydrogen-bond donors (Lipinski definition) is 1. The average Bonchev–Trinajstić information content (AvgIpc) is 3.25. The molecule has 30 heavy (non-hydrogen) atoms. The van der Waals surface area contributed by atoms with E-state index < -0.39 is 0 Å². The van der Waals surface area contributed by atoms with E-state index in [1.807, 2.05) is 12.1 Å². The van der Waals surface area contributed by atoms with Crippen molar-refractivity contribution in [1.82, 2.24) is 20.4 Å². The van der Waals surface area contributed by atoms with Crippen LogP contribution in [0, 0.1) is 0 Å². The van der Waals surface area contributed by atoms with Crippen LogP contribution in [0.2, 0.25) is 5.02 Å². The topological polar surface area (TPSA) is 71.3 Å². The largest absolute Gasteiger partial charge is 0.355 e. The van der Waals surface area contributed by atoms with Crippen molar-refractivity contribution in [2.75, 3.05) is 13.1 Å². The highest BCUT2D eigenvalue weighted by atomic mass is 35.5. The van der Waals surface area contributed by atoms with Crippen molar-refractivity contribution in [3.05, 3.63) is 70.6 Å². The van der Waals surface area contributed by atoms with E-state index in [9.17, 15) is 4.79 Å². The molecule has 1 N–H and O–H groups in total. The van der Waals surface area contributed by atoms with Crippen LogP contribution in [0.3, 0.4) is 0 Å². The zero-order valence-corrected chi connectivity index (χ0v) is 17.7. The van der Waals surface area contributed by atoms with E-state index in [4.69, 9.17) is 16.1 Å². The Bertz CT molecular complexity index is 1000. The van der Waals surface area contributed by atoms with E-state index in [2.05, 4.69) is 51.5 Å². The number of rotatable bonds is 7. The molecule has 0 radical (unpaired) electrons. The molecular weight excluding hydrogens is 400 g/mol. The van der Waals surface area contributed by atoms with Crippen molar-refractivity contribution in [2.45, 2.75) is 38.8 Å². The number of nitrogens with one attached hydrogen (secondary N) is 1. The van der Waals surface area contributed by atoms with Crippen LogP contribution in [0.4, 0.5) is 0 Å². The second-order valence-corrected chi connectivity index (χ2v) is 8.10. The van der Waals surface area contributed by atoms with Gasteiger partial charge in [0, 0.05) is 49.1 Å². The molecule has 3 aromatic rings. The molecule has 0 fully saturated rings. The number of carbonyl (C=O) groups is 1. The number of hydrogen-bond acceptors (Lipinski definition) is 5. The average molecular weight is 425 g/mol. The van der Waals surface area contributed by atoms with Crippen molar-refractivity contribution < 1.29 is 9.32 Å². The summed E-state index contributed by atoms with van der Waals surface area (Å²) >= 11 is 5.90. The fourth-order valence-corrected chi connectivity index (χ4v) is 3.79. The third-order valence-corrected chi connectivity index (χ3v) is 5.77. The first kappa shape index (κ1) is 20.6. The van der Waals surface area contributed by atoms with Gasteiger partial charge in [-0.3, -0.25) is 9.69 Å². The summed E-state index contributed by atoms with van der Waals surface area (Å²) in [6.07, 6.45) is 1.79. The summed E-state index contributed by atoms with van der Waals surface area (Å²) in [5, 5.41) is 7.67. The van der Waals surface area contributed by atoms with Crippen molar-refractivity contribution in [3.8, 4) is 11.4 Å². The number of nitrogens with zero attached hydrogens (tertiary/aromatic N) is 3. The molecule has 2 heterocycles. The smallest absolute Gasteiger partial charge is 0.227 e. The van der Waals surface area contributed by atoms with Gasteiger partial charge in [0.2, 0.25) is 17.6 Å². The fraction of sp³-hybridized carbons (Fsp3) is 0.348. The number of fused-ring (bicyclic) bond motifs is 1. The molecule has 0 saturated heterocycles. The van der Waals surface area contributed by atoms with Crippen LogP contribution >= 0.6 is 11.6 Å². The molecule has 1 aromatic heterocycles. The molecule has 2 aromatic carbocycles. The minimum Gasteiger partial charge on any atom is -0.355 e. The lowest BCUT2D eigenvalue weighted by Crippen LogP contribution is -2.44. The van der Waals surface area contributed by atoms with E-state index in [0.717, 1.165) is 25.1 Å². The van der Waals surface area contributed by atoms with Crippen molar-refractivity contribution in [2.24, 2.45) is 0 Å². The third kappa shape index (κ3) is 5.07. The van der Waals surface area contributed by atoms with Crippen molar-refractivity contribution >= 4 is 17.5 Å². The van der Waals surface area contributed by atoms with Crippen LogP contribution in [-0.4, -0.2) is 40.1 Å². The molecule has 0 aliphatic carbocycles. The van der Waals surface area contributed by atoms with E-state index in [1.54, 1.807) is 12.1 Å². The standard InChI is InChI=1S/C23H25ClN4O2/c1-16(28-13-12-17-4-2-3-5-19(17)15-28)14-25-21(29)10-11-22-26-23(27-30-22)18-6-8-20(24)9-7-18/h2-9,16H,10-15H2,1H3,(H,25,29). The SMILES string of the molecule is CC(CNC(=O)CCc1nc(-c2ccc(Cl)cc2)no1)N1CCc2ccccc2C1. The molecular formula is C23H25ClN4O2. The monoisotopic (exact) mass is 424 g/mol. The molecule has 0 saturated carbocycles. The summed E-state index contributed by atoms with van der Waals surface area (Å²) in [7, 11) is 0. The Labute approximate surface area is 181 Å². The molecule has 1 aliphatic rings. The quantitative estimate of drug-likeness (QED) is 0.623. The zero-order valence-electron chi connectivity index (χ0n) is 17.0. The zero-order chi connectivity index (χ0) is 20.9. The summed E-state index contributed by atoms with van der Waals surface area (Å²) in [4.78, 5) is 19.1. The highest BCUT2D eigenvalue weighted by Crippen LogP contribution is 2.20. The lowest BCUT2D eigenvalue weighted by Gasteiger charge is -2.33. The number of aryl methyl sites for hydroxylation is 1. The van der Waals surface area contributed by atoms with Crippen LogP contribution in [0.5, 0.6) is 0 Å². The van der Waals surface area contributed by atoms with Gasteiger partial charge in [-0.2, -0.15) is 4.98 Å². The first-order chi connectivity index (χ1) is 14.6. The minimum absolute atomic E-state index is 0.00879. The number of aromatic nitrogens is 2. The van der Waals surface area contributed by atoms with Gasteiger partial charge in [0.05, 0.1) is 0 Å². The van der Waals surface area contributed by atoms with Gasteiger partial charge in [-0.05, 0) is 48.7 Å². The van der Waals surface area contributed by atoms with Gasteiger partial charge in [0.1, 0.15) is 0 Å². The molecule has 4 rings (SSSR count). The van der Waals surface area contributed by atoms with Gasteiger partial charge in [-0.25, -0.2) is 0 Å². The van der Waals surface area contributed by atoms with Crippen molar-refractivity contribution in [1.29, 1.82) is 0 Å². The molecule has 1 amide bonds. The Balaban J connectivity index is 1.22. The van der Waals surface area contributed by atoms with E-state index >= 15 is 0 Å². The van der Waals surface area contributed by atoms with Crippen molar-refractivity contribution in [3.63, 3.8) is 0 Å². The molecule has 6 nitrogen and oxygen atoms in total. The van der Waals surface area contributed by atoms with Gasteiger partial charge in [-0.1, -0.05) is 41.0 Å². The highest BCUT2D eigenvalue weighted by molar-refractivity contribution is 6.30. The van der Waals surface area contributed by atoms with Gasteiger partial charge >= 0.3 is 0 Å². The second-order valence-electron chi connectivity index (χ2n) is 7.66. The predicted molar refractivity (Wildman–Crippen MR) is 116 cm³/mol. The summed E-state index contributed by atoms with van der Waals surface area (Å²) in [5.74, 6) is 0.947. The summed E-state index contributed by atoms with van der Waals surface area (Å²) in [6.45, 7) is 4.73. The molecule has 1 aliphatic heterocycles. The fourth-order valence-electron chi connectivity index (χ4n) is 3.67. The Morgan fingerprint density at radius 3 is 2.77 bits per heavy atom. The maximum atomic E-state index is 12.3. The molecule has 0 bridgehead atoms. The molecule has 1 unspecified atom stereocenters. The van der Waals surface area contributed by atoms with Crippen LogP contribution in [-0.2, 0) is 24.2 Å². The Morgan fingerprint density at radius 1 is 1.20 bits per heavy atom. The molecule has 1 atom stereocenters. The van der Waals surface area contributed by atoms with Gasteiger partial charge in [0.15, 0.2) is 0 Å². The molecule has 0 spiro atoms. The molecule has 7 heteroatoms. The van der Waals surface area contributed by atoms with E-state index in [0.29, 0.717) is 36.1 Å². The van der Waals surface area contributed by atoms with Crippen LogP contribution in [0.15, 0.2) is 53.1 Å². The summed E-state index contributed by atoms with van der Waals surface area (Å²) in [5.41, 5.74) is 3.65. The number of amides is 1. The molecule has 156 valence electrons. The third-order valence-electron chi connectivity index (χ3n) is 5.51. The number of halogens is 1. The Kier molecular flexibility index (Phi) is 6.45. The van der Waals surface area contributed by atoms with Crippen LogP contribution in [0.25, 0.3) is 11.4 Å². The number of carbonyl (C=O) groups excluding carboxylic acids is 1. The van der Waals surface area contributed by atoms with E-state index in [-0.39, 0.29) is 11.9 Å². The number of benzene rings is 2. The first-order valence-corrected chi connectivity index (χ1v) is 10.6. The first-order valence-electron chi connectivity index (χ1n) is 10.2. The van der Waals surface area contributed by atoms with Gasteiger partial charge in [0.25, 0.3) is 0 Å². The lowest BCUT2D eigenvalue weighted by atomic mass is 9.99. The minimum atomic E-state index is -0.00879. The normalized spacial score (nSPS) is 14.9. The lowest BCUT2D eigenvalue weighted by molar-refractivity contribution is -0.121. The summed E-state index contributed by atoms with van der Waals surface area (Å²) < 4.78 is 5.27. The maximum absolute atomic E-state index is 12.3. The summed E-state index contributed by atoms with van der Waals surface area (Å²) in [6, 6.07) is 16.1. The maximum Gasteiger partial charge on any atom is 0.227 e. The highest BCUT2D eigenvalue weighted by Gasteiger charge is 2.20.